The van der Waals surface area contributed by atoms with E-state index in [2.05, 4.69) is 154 Å². The van der Waals surface area contributed by atoms with Crippen LogP contribution in [0.3, 0.4) is 0 Å². The van der Waals surface area contributed by atoms with Crippen LogP contribution >= 0.6 is 0 Å². The Bertz CT molecular complexity index is 4950. The van der Waals surface area contributed by atoms with Crippen molar-refractivity contribution in [2.45, 2.75) is 55.4 Å². The zero-order valence-electron chi connectivity index (χ0n) is 59.5. The molecule has 512 valence electrons. The first-order chi connectivity index (χ1) is 50.9. The van der Waals surface area contributed by atoms with E-state index < -0.39 is 0 Å². The highest BCUT2D eigenvalue weighted by atomic mass is 15.1. The standard InChI is InChI=1S/2C17H14N2.4C11H10N2.2C5H6N2/c1-13-16(14-8-4-2-5-9-14)12-17(19-18-13)15-10-6-3-7-11-15;1-13-12-16(14-8-4-2-5-9-14)17(19-18-13)15-10-6-3-7-11-15;1-9-7-11(8-12-13-9)10-5-3-2-4-6-10;1-9-7-11(13-12-8-9)10-5-3-2-4-6-10;1-9-11(7-8-12-13-9)10-5-3-2-4-6-10;1-9-7-8-11(13-12-9)10-5-3-2-4-6-10;1-5-2-3-6-7-4-5;1-5-3-2-4-6-7-5/h2*2-12H,1H3;4*2-8H,1H3;2*2-4H,1H3. The zero-order chi connectivity index (χ0) is 72.8. The van der Waals surface area contributed by atoms with Crippen molar-refractivity contribution in [3.63, 3.8) is 0 Å². The molecule has 8 heterocycles. The van der Waals surface area contributed by atoms with Gasteiger partial charge in [-0.15, -0.1) is 5.10 Å². The fourth-order valence-electron chi connectivity index (χ4n) is 9.95. The Labute approximate surface area is 609 Å². The van der Waals surface area contributed by atoms with Gasteiger partial charge in [-0.25, -0.2) is 0 Å². The van der Waals surface area contributed by atoms with Crippen molar-refractivity contribution in [2.75, 3.05) is 0 Å². The number of rotatable bonds is 8. The first-order valence-corrected chi connectivity index (χ1v) is 33.7. The Kier molecular flexibility index (Phi) is 29.5. The molecule has 0 aliphatic heterocycles. The summed E-state index contributed by atoms with van der Waals surface area (Å²) in [7, 11) is 0. The largest absolute Gasteiger partial charge is 0.159 e. The minimum Gasteiger partial charge on any atom is -0.159 e. The number of nitrogens with zero attached hydrogens (tertiary/aromatic N) is 16. The third kappa shape index (κ3) is 24.7. The Morgan fingerprint density at radius 2 is 0.606 bits per heavy atom. The van der Waals surface area contributed by atoms with Crippen LogP contribution in [0.1, 0.15) is 45.3 Å². The quantitative estimate of drug-likeness (QED) is 0.139. The summed E-state index contributed by atoms with van der Waals surface area (Å²) in [4.78, 5) is 0. The van der Waals surface area contributed by atoms with E-state index in [1.54, 1.807) is 37.2 Å². The van der Waals surface area contributed by atoms with Crippen LogP contribution in [-0.2, 0) is 0 Å². The van der Waals surface area contributed by atoms with Crippen LogP contribution in [0.15, 0.2) is 340 Å². The highest BCUT2D eigenvalue weighted by Gasteiger charge is 2.11. The molecule has 104 heavy (non-hydrogen) atoms. The van der Waals surface area contributed by atoms with Gasteiger partial charge >= 0.3 is 0 Å². The molecule has 0 bridgehead atoms. The lowest BCUT2D eigenvalue weighted by atomic mass is 9.99. The molecule has 0 saturated carbocycles. The molecule has 0 N–H and O–H groups in total. The SMILES string of the molecule is Cc1cc(-c2ccccc2)c(-c2ccccc2)nn1.Cc1cc(-c2ccccc2)cnn1.Cc1ccc(-c2ccccc2)nn1.Cc1cccnn1.Cc1ccnnc1.Cc1cnnc(-c2ccccc2)c1.Cc1nnc(-c2ccccc2)cc1-c1ccccc1.Cc1nnccc1-c1ccccc1. The third-order valence-electron chi connectivity index (χ3n) is 15.2. The number of benzene rings is 8. The van der Waals surface area contributed by atoms with E-state index in [4.69, 9.17) is 0 Å². The molecule has 0 fully saturated rings. The van der Waals surface area contributed by atoms with Gasteiger partial charge in [-0.3, -0.25) is 0 Å². The molecular weight excluding hydrogens is 1280 g/mol. The Morgan fingerprint density at radius 3 is 1.07 bits per heavy atom. The average Bonchev–Trinajstić information content (AvgIpc) is 0.917. The van der Waals surface area contributed by atoms with Crippen LogP contribution in [0, 0.1) is 55.4 Å². The summed E-state index contributed by atoms with van der Waals surface area (Å²) < 4.78 is 0. The maximum absolute atomic E-state index is 4.37. The first-order valence-electron chi connectivity index (χ1n) is 33.7. The fourth-order valence-corrected chi connectivity index (χ4v) is 9.95. The summed E-state index contributed by atoms with van der Waals surface area (Å²) in [5.41, 5.74) is 25.3. The van der Waals surface area contributed by atoms with Crippen LogP contribution in [0.25, 0.3) is 89.5 Å². The van der Waals surface area contributed by atoms with Gasteiger partial charge in [0.15, 0.2) is 0 Å². The molecule has 16 rings (SSSR count). The lowest BCUT2D eigenvalue weighted by Crippen LogP contribution is -1.94. The van der Waals surface area contributed by atoms with Crippen molar-refractivity contribution in [1.82, 2.24) is 81.6 Å². The lowest BCUT2D eigenvalue weighted by molar-refractivity contribution is 0.980. The van der Waals surface area contributed by atoms with Crippen LogP contribution in [0.2, 0.25) is 0 Å². The second-order valence-electron chi connectivity index (χ2n) is 23.5. The van der Waals surface area contributed by atoms with E-state index in [9.17, 15) is 0 Å². The van der Waals surface area contributed by atoms with Crippen molar-refractivity contribution < 1.29 is 0 Å². The predicted octanol–water partition coefficient (Wildman–Crippen LogP) is 19.6. The van der Waals surface area contributed by atoms with Crippen LogP contribution in [0.5, 0.6) is 0 Å². The van der Waals surface area contributed by atoms with Crippen molar-refractivity contribution in [2.24, 2.45) is 0 Å². The molecule has 0 saturated heterocycles. The van der Waals surface area contributed by atoms with Crippen LogP contribution < -0.4 is 0 Å². The average molecular weight is 1360 g/mol. The zero-order valence-corrected chi connectivity index (χ0v) is 59.5. The van der Waals surface area contributed by atoms with Gasteiger partial charge in [-0.05, 0) is 149 Å². The molecule has 8 aromatic heterocycles. The molecule has 0 spiro atoms. The van der Waals surface area contributed by atoms with Gasteiger partial charge in [0, 0.05) is 56.9 Å². The summed E-state index contributed by atoms with van der Waals surface area (Å²) in [6.45, 7) is 15.7. The maximum Gasteiger partial charge on any atom is 0.101 e. The number of hydrogen-bond donors (Lipinski definition) is 0. The van der Waals surface area contributed by atoms with Crippen LogP contribution in [0.4, 0.5) is 0 Å². The van der Waals surface area contributed by atoms with Crippen LogP contribution in [-0.4, -0.2) is 81.6 Å². The lowest BCUT2D eigenvalue weighted by Gasteiger charge is -2.09. The van der Waals surface area contributed by atoms with E-state index in [1.165, 1.54) is 22.3 Å². The van der Waals surface area contributed by atoms with Gasteiger partial charge in [-0.1, -0.05) is 243 Å². The Morgan fingerprint density at radius 1 is 0.183 bits per heavy atom. The van der Waals surface area contributed by atoms with E-state index in [1.807, 2.05) is 286 Å². The fraction of sp³-hybridized carbons (Fsp3) is 0.0909. The first kappa shape index (κ1) is 74.6. The van der Waals surface area contributed by atoms with Gasteiger partial charge in [0.25, 0.3) is 0 Å². The van der Waals surface area contributed by atoms with Gasteiger partial charge in [0.05, 0.1) is 76.0 Å². The van der Waals surface area contributed by atoms with E-state index in [0.717, 1.165) is 113 Å². The predicted molar refractivity (Wildman–Crippen MR) is 418 cm³/mol. The van der Waals surface area contributed by atoms with Gasteiger partial charge in [0.2, 0.25) is 0 Å². The topological polar surface area (TPSA) is 206 Å². The Balaban J connectivity index is 0.000000140. The molecule has 0 radical (unpaired) electrons. The minimum atomic E-state index is 0.907. The molecule has 0 aliphatic rings. The summed E-state index contributed by atoms with van der Waals surface area (Å²) in [6, 6.07) is 101. The Hall–Kier alpha value is -13.6. The summed E-state index contributed by atoms with van der Waals surface area (Å²) in [5, 5.41) is 63.5. The van der Waals surface area contributed by atoms with Crippen molar-refractivity contribution in [3.05, 3.63) is 386 Å². The highest BCUT2D eigenvalue weighted by Crippen LogP contribution is 2.31. The molecule has 0 unspecified atom stereocenters. The highest BCUT2D eigenvalue weighted by molar-refractivity contribution is 5.80. The minimum absolute atomic E-state index is 0.907. The molecule has 16 aromatic rings. The second-order valence-corrected chi connectivity index (χ2v) is 23.5. The van der Waals surface area contributed by atoms with E-state index >= 15 is 0 Å². The second kappa shape index (κ2) is 41.1. The van der Waals surface area contributed by atoms with Gasteiger partial charge in [0.1, 0.15) is 5.69 Å². The monoisotopic (exact) mass is 1360 g/mol. The molecule has 16 nitrogen and oxygen atoms in total. The normalized spacial score (nSPS) is 9.92. The molecule has 0 atom stereocenters. The van der Waals surface area contributed by atoms with Crippen molar-refractivity contribution in [3.8, 4) is 89.5 Å². The molecular formula is C88H80N16. The number of hydrogen-bond acceptors (Lipinski definition) is 16. The van der Waals surface area contributed by atoms with Crippen molar-refractivity contribution in [1.29, 1.82) is 0 Å². The third-order valence-corrected chi connectivity index (χ3v) is 15.2. The molecule has 16 heteroatoms. The van der Waals surface area contributed by atoms with E-state index in [0.29, 0.717) is 0 Å². The van der Waals surface area contributed by atoms with Gasteiger partial charge in [-0.2, -0.15) is 76.5 Å². The smallest absolute Gasteiger partial charge is 0.101 e. The van der Waals surface area contributed by atoms with Crippen molar-refractivity contribution >= 4 is 0 Å². The number of aromatic nitrogens is 16. The molecule has 0 aliphatic carbocycles. The summed E-state index contributed by atoms with van der Waals surface area (Å²) in [5.74, 6) is 0. The summed E-state index contributed by atoms with van der Waals surface area (Å²) in [6.07, 6.45) is 10.3. The van der Waals surface area contributed by atoms with Gasteiger partial charge < -0.3 is 0 Å². The number of aryl methyl sites for hydroxylation is 8. The molecule has 8 aromatic carbocycles. The molecule has 0 amide bonds. The maximum atomic E-state index is 4.37. The summed E-state index contributed by atoms with van der Waals surface area (Å²) >= 11 is 0. The van der Waals surface area contributed by atoms with E-state index in [-0.39, 0.29) is 0 Å².